The van der Waals surface area contributed by atoms with Gasteiger partial charge in [-0.25, -0.2) is 0 Å². The van der Waals surface area contributed by atoms with E-state index in [1.165, 1.54) is 0 Å². The van der Waals surface area contributed by atoms with E-state index in [1.54, 1.807) is 13.8 Å². The lowest BCUT2D eigenvalue weighted by Gasteiger charge is -1.80. The van der Waals surface area contributed by atoms with E-state index in [-0.39, 0.29) is 17.7 Å². The molecular weight excluding hydrogens is 82.0 g/mol. The molecule has 3 heteroatoms. The van der Waals surface area contributed by atoms with Gasteiger partial charge in [0.2, 0.25) is 0 Å². The predicted molar refractivity (Wildman–Crippen MR) is 26.0 cm³/mol. The summed E-state index contributed by atoms with van der Waals surface area (Å²) < 4.78 is 0. The molecule has 3 nitrogen and oxygen atoms in total. The summed E-state index contributed by atoms with van der Waals surface area (Å²) >= 11 is 0. The molecule has 0 unspecified atom stereocenters. The van der Waals surface area contributed by atoms with Crippen LogP contribution in [0.3, 0.4) is 0 Å². The third-order valence-electron chi connectivity index (χ3n) is 0. The molecule has 0 atom stereocenters. The van der Waals surface area contributed by atoms with Crippen molar-refractivity contribution >= 4 is 0 Å². The zero-order valence-electron chi connectivity index (χ0n) is 4.23. The molecule has 0 fully saturated rings. The van der Waals surface area contributed by atoms with Crippen LogP contribution in [0.1, 0.15) is 13.8 Å². The molecular formula is C3H13NO2. The first kappa shape index (κ1) is 16.9. The third-order valence-corrected chi connectivity index (χ3v) is 0. The molecule has 0 aromatic carbocycles. The minimum absolute atomic E-state index is 0. The lowest BCUT2D eigenvalue weighted by molar-refractivity contribution is 0.216. The largest absolute Gasteiger partial charge is 0.412 e. The van der Waals surface area contributed by atoms with E-state index in [1.807, 2.05) is 0 Å². The second-order valence-electron chi connectivity index (χ2n) is 1.09. The zero-order chi connectivity index (χ0) is 3.58. The molecule has 0 aliphatic heterocycles. The minimum atomic E-state index is -0.167. The first-order chi connectivity index (χ1) is 1.73. The van der Waals surface area contributed by atoms with E-state index in [0.29, 0.717) is 0 Å². The van der Waals surface area contributed by atoms with Gasteiger partial charge in [-0.3, -0.25) is 0 Å². The van der Waals surface area contributed by atoms with Crippen molar-refractivity contribution in [3.8, 4) is 0 Å². The first-order valence-electron chi connectivity index (χ1n) is 1.41. The second-order valence-corrected chi connectivity index (χ2v) is 1.09. The fourth-order valence-corrected chi connectivity index (χ4v) is 0. The van der Waals surface area contributed by atoms with Gasteiger partial charge >= 0.3 is 0 Å². The Kier molecular flexibility index (Phi) is 24.9. The van der Waals surface area contributed by atoms with Crippen LogP contribution in [-0.4, -0.2) is 16.7 Å². The van der Waals surface area contributed by atoms with Crippen LogP contribution in [-0.2, 0) is 0 Å². The summed E-state index contributed by atoms with van der Waals surface area (Å²) in [6.07, 6.45) is -0.167. The Bertz CT molecular complexity index is 13.5. The van der Waals surface area contributed by atoms with E-state index in [0.717, 1.165) is 0 Å². The fourth-order valence-electron chi connectivity index (χ4n) is 0. The lowest BCUT2D eigenvalue weighted by atomic mass is 10.5. The first-order valence-corrected chi connectivity index (χ1v) is 1.41. The Morgan fingerprint density at radius 2 is 1.33 bits per heavy atom. The number of hydrogen-bond acceptors (Lipinski definition) is 2. The van der Waals surface area contributed by atoms with Crippen LogP contribution in [0.4, 0.5) is 0 Å². The van der Waals surface area contributed by atoms with Crippen LogP contribution >= 0.6 is 0 Å². The van der Waals surface area contributed by atoms with Gasteiger partial charge in [0.25, 0.3) is 0 Å². The van der Waals surface area contributed by atoms with Crippen molar-refractivity contribution in [1.29, 1.82) is 0 Å². The summed E-state index contributed by atoms with van der Waals surface area (Å²) in [7, 11) is 0. The Balaban J connectivity index is -0.0000000450. The normalized spacial score (nSPS) is 6.00. The van der Waals surface area contributed by atoms with Crippen molar-refractivity contribution in [3.05, 3.63) is 0 Å². The van der Waals surface area contributed by atoms with Crippen molar-refractivity contribution in [1.82, 2.24) is 6.15 Å². The molecule has 6 heavy (non-hydrogen) atoms. The molecule has 0 heterocycles. The molecule has 0 spiro atoms. The molecule has 42 valence electrons. The molecule has 0 aliphatic carbocycles. The maximum atomic E-state index is 8.06. The Labute approximate surface area is 37.9 Å². The zero-order valence-corrected chi connectivity index (χ0v) is 4.23. The Morgan fingerprint density at radius 3 is 1.33 bits per heavy atom. The van der Waals surface area contributed by atoms with Gasteiger partial charge in [0, 0.05) is 6.10 Å². The maximum Gasteiger partial charge on any atom is 0.0483 e. The fraction of sp³-hybridized carbons (Fsp3) is 1.00. The van der Waals surface area contributed by atoms with Crippen LogP contribution in [0.25, 0.3) is 0 Å². The van der Waals surface area contributed by atoms with Gasteiger partial charge in [-0.15, -0.1) is 0 Å². The van der Waals surface area contributed by atoms with E-state index in [9.17, 15) is 0 Å². The van der Waals surface area contributed by atoms with E-state index >= 15 is 0 Å². The molecule has 0 aromatic rings. The molecule has 0 rings (SSSR count). The second kappa shape index (κ2) is 8.86. The molecule has 0 saturated heterocycles. The van der Waals surface area contributed by atoms with Gasteiger partial charge in [0.15, 0.2) is 0 Å². The third kappa shape index (κ3) is 2230. The summed E-state index contributed by atoms with van der Waals surface area (Å²) in [5.74, 6) is 0. The van der Waals surface area contributed by atoms with Crippen LogP contribution < -0.4 is 6.15 Å². The highest BCUT2D eigenvalue weighted by Crippen LogP contribution is 1.65. The van der Waals surface area contributed by atoms with Crippen molar-refractivity contribution < 1.29 is 10.6 Å². The highest BCUT2D eigenvalue weighted by molar-refractivity contribution is 4.20. The van der Waals surface area contributed by atoms with E-state index < -0.39 is 0 Å². The topological polar surface area (TPSA) is 86.7 Å². The van der Waals surface area contributed by atoms with Crippen LogP contribution in [0, 0.1) is 0 Å². The van der Waals surface area contributed by atoms with Crippen molar-refractivity contribution in [2.75, 3.05) is 0 Å². The molecule has 6 N–H and O–H groups in total. The van der Waals surface area contributed by atoms with Crippen LogP contribution in [0.5, 0.6) is 0 Å². The summed E-state index contributed by atoms with van der Waals surface area (Å²) in [6, 6.07) is 0. The molecule has 0 aliphatic rings. The van der Waals surface area contributed by atoms with Crippen LogP contribution in [0.15, 0.2) is 0 Å². The highest BCUT2D eigenvalue weighted by Gasteiger charge is 1.69. The van der Waals surface area contributed by atoms with Gasteiger partial charge in [-0.2, -0.15) is 0 Å². The highest BCUT2D eigenvalue weighted by atomic mass is 16.3. The van der Waals surface area contributed by atoms with Crippen molar-refractivity contribution in [3.63, 3.8) is 0 Å². The average molecular weight is 95.1 g/mol. The van der Waals surface area contributed by atoms with Crippen molar-refractivity contribution in [2.24, 2.45) is 0 Å². The van der Waals surface area contributed by atoms with Gasteiger partial charge in [0.05, 0.1) is 0 Å². The summed E-state index contributed by atoms with van der Waals surface area (Å²) in [5.41, 5.74) is 0. The van der Waals surface area contributed by atoms with Gasteiger partial charge < -0.3 is 16.7 Å². The number of aliphatic hydroxyl groups excluding tert-OH is 1. The predicted octanol–water partition coefficient (Wildman–Crippen LogP) is -0.276. The SMILES string of the molecule is CC(C)O.N.O. The number of hydrogen-bond donors (Lipinski definition) is 2. The Morgan fingerprint density at radius 1 is 1.33 bits per heavy atom. The van der Waals surface area contributed by atoms with E-state index in [2.05, 4.69) is 0 Å². The van der Waals surface area contributed by atoms with Gasteiger partial charge in [0.1, 0.15) is 0 Å². The molecule has 0 amide bonds. The Hall–Kier alpha value is -0.120. The number of rotatable bonds is 0. The summed E-state index contributed by atoms with van der Waals surface area (Å²) in [4.78, 5) is 0. The van der Waals surface area contributed by atoms with Gasteiger partial charge in [-0.1, -0.05) is 0 Å². The standard InChI is InChI=1S/C3H8O.H3N.H2O/c1-3(2)4;;/h3-4H,1-2H3;1H3;1H2. The average Bonchev–Trinajstić information content (AvgIpc) is 0.811. The molecule has 0 bridgehead atoms. The van der Waals surface area contributed by atoms with Crippen LogP contribution in [0.2, 0.25) is 0 Å². The molecule has 0 saturated carbocycles. The lowest BCUT2D eigenvalue weighted by Crippen LogP contribution is -1.85. The number of aliphatic hydroxyl groups is 1. The maximum absolute atomic E-state index is 8.06. The smallest absolute Gasteiger partial charge is 0.0483 e. The monoisotopic (exact) mass is 95.1 g/mol. The van der Waals surface area contributed by atoms with E-state index in [4.69, 9.17) is 5.11 Å². The van der Waals surface area contributed by atoms with Crippen molar-refractivity contribution in [2.45, 2.75) is 20.0 Å². The summed E-state index contributed by atoms with van der Waals surface area (Å²) in [5, 5.41) is 8.06. The van der Waals surface area contributed by atoms with Gasteiger partial charge in [-0.05, 0) is 13.8 Å². The minimum Gasteiger partial charge on any atom is -0.412 e. The molecule has 0 radical (unpaired) electrons. The summed E-state index contributed by atoms with van der Waals surface area (Å²) in [6.45, 7) is 3.44. The quantitative estimate of drug-likeness (QED) is 0.433. The molecule has 0 aromatic heterocycles.